The van der Waals surface area contributed by atoms with Crippen molar-refractivity contribution in [3.8, 4) is 112 Å². The van der Waals surface area contributed by atoms with E-state index in [4.69, 9.17) is 19.9 Å². The van der Waals surface area contributed by atoms with Gasteiger partial charge in [-0.05, 0) is 133 Å². The highest BCUT2D eigenvalue weighted by Crippen LogP contribution is 2.38. The van der Waals surface area contributed by atoms with E-state index in [0.717, 1.165) is 150 Å². The number of fused-ring (bicyclic) bond motifs is 6. The number of hydrogen-bond donors (Lipinski definition) is 0. The summed E-state index contributed by atoms with van der Waals surface area (Å²) in [7, 11) is 0. The van der Waals surface area contributed by atoms with Gasteiger partial charge in [0.15, 0.2) is 11.6 Å². The Labute approximate surface area is 554 Å². The Morgan fingerprint density at radius 3 is 0.896 bits per heavy atom. The van der Waals surface area contributed by atoms with Crippen molar-refractivity contribution in [3.05, 3.63) is 340 Å². The summed E-state index contributed by atoms with van der Waals surface area (Å²) in [6.45, 7) is 0. The second kappa shape index (κ2) is 24.9. The van der Waals surface area contributed by atoms with Gasteiger partial charge in [0.25, 0.3) is 0 Å². The third-order valence-corrected chi connectivity index (χ3v) is 18.1. The van der Waals surface area contributed by atoms with E-state index < -0.39 is 0 Å². The van der Waals surface area contributed by atoms with E-state index >= 15 is 0 Å². The Hall–Kier alpha value is -13.0. The highest BCUT2D eigenvalue weighted by atomic mass is 14.9. The number of benzene rings is 12. The second-order valence-corrected chi connectivity index (χ2v) is 23.8. The van der Waals surface area contributed by atoms with Gasteiger partial charge < -0.3 is 0 Å². The molecule has 448 valence electrons. The fourth-order valence-corrected chi connectivity index (χ4v) is 13.2. The van der Waals surface area contributed by atoms with Crippen molar-refractivity contribution in [1.29, 1.82) is 0 Å². The van der Waals surface area contributed by atoms with Gasteiger partial charge in [0.2, 0.25) is 0 Å². The molecule has 0 aliphatic carbocycles. The molecule has 0 amide bonds. The molecule has 0 saturated carbocycles. The van der Waals surface area contributed by atoms with Crippen LogP contribution in [0.2, 0.25) is 0 Å². The van der Waals surface area contributed by atoms with E-state index in [1.54, 1.807) is 0 Å². The van der Waals surface area contributed by atoms with Crippen molar-refractivity contribution in [3.63, 3.8) is 0 Å². The summed E-state index contributed by atoms with van der Waals surface area (Å²) in [6.07, 6.45) is 7.50. The van der Waals surface area contributed by atoms with Crippen LogP contribution < -0.4 is 0 Å². The summed E-state index contributed by atoms with van der Waals surface area (Å²) >= 11 is 0. The molecule has 0 atom stereocenters. The zero-order valence-corrected chi connectivity index (χ0v) is 51.9. The lowest BCUT2D eigenvalue weighted by molar-refractivity contribution is 1.18. The van der Waals surface area contributed by atoms with E-state index in [1.165, 1.54) is 16.2 Å². The summed E-state index contributed by atoms with van der Waals surface area (Å²) < 4.78 is 0. The fourth-order valence-electron chi connectivity index (χ4n) is 13.2. The molecule has 0 saturated heterocycles. The summed E-state index contributed by atoms with van der Waals surface area (Å²) in [4.78, 5) is 38.8. The number of nitrogens with zero attached hydrogens (tertiary/aromatic N) is 8. The third-order valence-electron chi connectivity index (χ3n) is 18.1. The van der Waals surface area contributed by atoms with E-state index in [0.29, 0.717) is 11.6 Å². The maximum Gasteiger partial charge on any atom is 0.160 e. The first kappa shape index (κ1) is 56.9. The zero-order chi connectivity index (χ0) is 63.7. The minimum Gasteiger partial charge on any atom is -0.256 e. The van der Waals surface area contributed by atoms with Crippen LogP contribution in [0, 0.1) is 0 Å². The molecule has 0 spiro atoms. The Kier molecular flexibility index (Phi) is 14.7. The first-order valence-corrected chi connectivity index (χ1v) is 32.1. The van der Waals surface area contributed by atoms with Gasteiger partial charge in [-0.3, -0.25) is 19.9 Å². The summed E-state index contributed by atoms with van der Waals surface area (Å²) in [5, 5.41) is 9.27. The zero-order valence-electron chi connectivity index (χ0n) is 51.9. The molecule has 8 nitrogen and oxygen atoms in total. The Balaban J connectivity index is 0.000000145. The van der Waals surface area contributed by atoms with Crippen molar-refractivity contribution >= 4 is 65.2 Å². The lowest BCUT2D eigenvalue weighted by Crippen LogP contribution is -1.96. The monoisotopic (exact) mass is 1220 g/mol. The Morgan fingerprint density at radius 1 is 0.167 bits per heavy atom. The highest BCUT2D eigenvalue weighted by molar-refractivity contribution is 6.00. The molecular formula is C88H56N8. The molecule has 0 N–H and O–H groups in total. The molecule has 96 heavy (non-hydrogen) atoms. The van der Waals surface area contributed by atoms with Crippen LogP contribution >= 0.6 is 0 Å². The number of hydrogen-bond acceptors (Lipinski definition) is 8. The van der Waals surface area contributed by atoms with Crippen molar-refractivity contribution < 1.29 is 0 Å². The van der Waals surface area contributed by atoms with Gasteiger partial charge in [0.1, 0.15) is 0 Å². The first-order chi connectivity index (χ1) is 47.5. The molecule has 18 aromatic rings. The van der Waals surface area contributed by atoms with E-state index in [-0.39, 0.29) is 0 Å². The van der Waals surface area contributed by atoms with Crippen LogP contribution in [-0.4, -0.2) is 39.9 Å². The molecule has 0 aliphatic rings. The van der Waals surface area contributed by atoms with Gasteiger partial charge in [-0.2, -0.15) is 0 Å². The molecule has 0 bridgehead atoms. The molecule has 0 fully saturated rings. The van der Waals surface area contributed by atoms with Crippen LogP contribution in [0.15, 0.2) is 340 Å². The van der Waals surface area contributed by atoms with Crippen LogP contribution in [0.1, 0.15) is 0 Å². The fraction of sp³-hybridized carbons (Fsp3) is 0. The summed E-state index contributed by atoms with van der Waals surface area (Å²) in [5.74, 6) is 1.37. The van der Waals surface area contributed by atoms with Gasteiger partial charge in [-0.15, -0.1) is 0 Å². The van der Waals surface area contributed by atoms with Gasteiger partial charge >= 0.3 is 0 Å². The maximum absolute atomic E-state index is 5.17. The lowest BCUT2D eigenvalue weighted by atomic mass is 9.98. The van der Waals surface area contributed by atoms with Crippen molar-refractivity contribution in [2.24, 2.45) is 0 Å². The lowest BCUT2D eigenvalue weighted by Gasteiger charge is -2.12. The molecule has 8 heteroatoms. The number of aromatic nitrogens is 8. The minimum atomic E-state index is 0.686. The van der Waals surface area contributed by atoms with Crippen LogP contribution in [0.3, 0.4) is 0 Å². The van der Waals surface area contributed by atoms with Crippen LogP contribution in [0.5, 0.6) is 0 Å². The van der Waals surface area contributed by atoms with Crippen LogP contribution in [-0.2, 0) is 0 Å². The predicted octanol–water partition coefficient (Wildman–Crippen LogP) is 22.1. The van der Waals surface area contributed by atoms with Gasteiger partial charge in [-0.1, -0.05) is 249 Å². The Bertz CT molecular complexity index is 5640. The Morgan fingerprint density at radius 2 is 0.469 bits per heavy atom. The summed E-state index contributed by atoms with van der Waals surface area (Å²) in [5.41, 5.74) is 22.7. The standard InChI is InChI=1S/2C44H28N4/c1-2-10-34-29(8-1)9-7-13-39(34)43-28-42(32-20-16-30(17-21-32)35-24-26-45-40-14-5-3-11-37(35)40)47-44(48-43)33-22-18-31(19-23-33)36-25-27-46-41-15-6-4-12-38(36)41;1-2-8-34-27-35(22-13-29(34)7-1)43-28-42(32-18-14-30(15-19-32)36-23-25-45-40-11-5-3-9-38(36)40)47-44(48-43)33-20-16-31(17-21-33)37-24-26-46-41-12-6-4-10-39(37)41/h2*1-28H. The van der Waals surface area contributed by atoms with E-state index in [2.05, 4.69) is 299 Å². The average molecular weight is 1230 g/mol. The summed E-state index contributed by atoms with van der Waals surface area (Å²) in [6, 6.07) is 110. The molecule has 0 aliphatic heterocycles. The van der Waals surface area contributed by atoms with Gasteiger partial charge in [0.05, 0.1) is 44.8 Å². The van der Waals surface area contributed by atoms with Crippen LogP contribution in [0.4, 0.5) is 0 Å². The molecular weight excluding hydrogens is 1170 g/mol. The number of para-hydroxylation sites is 4. The van der Waals surface area contributed by atoms with Gasteiger partial charge in [-0.25, -0.2) is 19.9 Å². The largest absolute Gasteiger partial charge is 0.256 e. The van der Waals surface area contributed by atoms with E-state index in [9.17, 15) is 0 Å². The minimum absolute atomic E-state index is 0.686. The third kappa shape index (κ3) is 11.1. The molecule has 6 aromatic heterocycles. The van der Waals surface area contributed by atoms with Gasteiger partial charge in [0, 0.05) is 79.7 Å². The topological polar surface area (TPSA) is 103 Å². The average Bonchev–Trinajstić information content (AvgIpc) is 0.887. The molecule has 12 aromatic carbocycles. The normalized spacial score (nSPS) is 11.3. The molecule has 18 rings (SSSR count). The van der Waals surface area contributed by atoms with Crippen molar-refractivity contribution in [1.82, 2.24) is 39.9 Å². The molecule has 0 radical (unpaired) electrons. The smallest absolute Gasteiger partial charge is 0.160 e. The highest BCUT2D eigenvalue weighted by Gasteiger charge is 2.17. The molecule has 6 heterocycles. The van der Waals surface area contributed by atoms with E-state index in [1.807, 2.05) is 61.2 Å². The number of pyridine rings is 4. The molecule has 0 unspecified atom stereocenters. The first-order valence-electron chi connectivity index (χ1n) is 32.1. The van der Waals surface area contributed by atoms with Crippen LogP contribution in [0.25, 0.3) is 177 Å². The predicted molar refractivity (Wildman–Crippen MR) is 395 cm³/mol. The number of rotatable bonds is 10. The maximum atomic E-state index is 5.17. The van der Waals surface area contributed by atoms with Crippen molar-refractivity contribution in [2.45, 2.75) is 0 Å². The second-order valence-electron chi connectivity index (χ2n) is 23.8. The van der Waals surface area contributed by atoms with Crippen molar-refractivity contribution in [2.75, 3.05) is 0 Å². The SMILES string of the molecule is c1ccc2c(-c3cc(-c4ccc(-c5ccnc6ccccc56)cc4)nc(-c4ccc(-c5ccnc6ccccc56)cc4)n3)cccc2c1.c1ccc2cc(-c3cc(-c4ccc(-c5ccnc6ccccc56)cc4)nc(-c4ccc(-c5ccnc6ccccc56)cc4)n3)ccc2c1. The quantitative estimate of drug-likeness (QED) is 0.133.